The average molecular weight is 663 g/mol. The lowest BCUT2D eigenvalue weighted by Crippen LogP contribution is -1.93. The Balaban J connectivity index is 1.34. The van der Waals surface area contributed by atoms with Crippen LogP contribution >= 0.6 is 0 Å². The molecule has 0 saturated carbocycles. The fourth-order valence-corrected chi connectivity index (χ4v) is 8.32. The van der Waals surface area contributed by atoms with E-state index in [4.69, 9.17) is 8.83 Å². The Kier molecular flexibility index (Phi) is 6.28. The zero-order valence-electron chi connectivity index (χ0n) is 28.1. The molecule has 0 aliphatic heterocycles. The van der Waals surface area contributed by atoms with Crippen LogP contribution in [0.5, 0.6) is 0 Å². The van der Waals surface area contributed by atoms with Gasteiger partial charge in [0.25, 0.3) is 0 Å². The van der Waals surface area contributed by atoms with Gasteiger partial charge < -0.3 is 8.83 Å². The third kappa shape index (κ3) is 4.31. The van der Waals surface area contributed by atoms with Crippen molar-refractivity contribution in [1.82, 2.24) is 0 Å². The molecule has 0 N–H and O–H groups in total. The van der Waals surface area contributed by atoms with Gasteiger partial charge in [-0.15, -0.1) is 0 Å². The van der Waals surface area contributed by atoms with Crippen LogP contribution in [0.4, 0.5) is 0 Å². The van der Waals surface area contributed by atoms with E-state index in [2.05, 4.69) is 170 Å². The van der Waals surface area contributed by atoms with Crippen molar-refractivity contribution in [3.63, 3.8) is 0 Å². The number of fused-ring (bicyclic) bond motifs is 8. The van der Waals surface area contributed by atoms with E-state index in [-0.39, 0.29) is 0 Å². The normalized spacial score (nSPS) is 11.8. The fraction of sp³-hybridized carbons (Fsp3) is 0. The number of hydrogen-bond donors (Lipinski definition) is 0. The minimum atomic E-state index is 0.890. The van der Waals surface area contributed by atoms with Crippen molar-refractivity contribution in [3.8, 4) is 44.5 Å². The van der Waals surface area contributed by atoms with Gasteiger partial charge in [-0.25, -0.2) is 0 Å². The number of hydrogen-bond acceptors (Lipinski definition) is 2. The van der Waals surface area contributed by atoms with Gasteiger partial charge in [0.15, 0.2) is 0 Å². The summed E-state index contributed by atoms with van der Waals surface area (Å²) in [5, 5.41) is 9.13. The molecule has 2 nitrogen and oxygen atoms in total. The highest BCUT2D eigenvalue weighted by Gasteiger charge is 2.23. The monoisotopic (exact) mass is 662 g/mol. The molecule has 11 aromatic rings. The molecule has 0 aliphatic carbocycles. The van der Waals surface area contributed by atoms with E-state index in [1.807, 2.05) is 12.1 Å². The van der Waals surface area contributed by atoms with Crippen molar-refractivity contribution in [2.45, 2.75) is 0 Å². The molecule has 2 heteroatoms. The maximum atomic E-state index is 6.76. The Hall–Kier alpha value is -6.90. The number of rotatable bonds is 4. The lowest BCUT2D eigenvalue weighted by molar-refractivity contribution is 0.669. The topological polar surface area (TPSA) is 26.3 Å². The molecule has 11 rings (SSSR count). The van der Waals surface area contributed by atoms with Gasteiger partial charge in [-0.05, 0) is 68.1 Å². The van der Waals surface area contributed by atoms with Gasteiger partial charge in [0.2, 0.25) is 0 Å². The summed E-state index contributed by atoms with van der Waals surface area (Å²) < 4.78 is 13.5. The first-order chi connectivity index (χ1) is 25.8. The second kappa shape index (κ2) is 11.3. The van der Waals surface area contributed by atoms with E-state index in [1.165, 1.54) is 11.1 Å². The van der Waals surface area contributed by atoms with Crippen molar-refractivity contribution < 1.29 is 8.83 Å². The second-order valence-electron chi connectivity index (χ2n) is 13.6. The Bertz CT molecular complexity index is 3060. The van der Waals surface area contributed by atoms with Crippen LogP contribution in [0, 0.1) is 0 Å². The molecule has 0 radical (unpaired) electrons. The first-order valence-corrected chi connectivity index (χ1v) is 17.8. The Morgan fingerprint density at radius 1 is 0.250 bits per heavy atom. The van der Waals surface area contributed by atoms with Crippen molar-refractivity contribution >= 4 is 65.4 Å². The molecular weight excluding hydrogens is 633 g/mol. The van der Waals surface area contributed by atoms with Crippen LogP contribution in [0.15, 0.2) is 191 Å². The minimum absolute atomic E-state index is 0.890. The van der Waals surface area contributed by atoms with Crippen LogP contribution in [0.3, 0.4) is 0 Å². The molecule has 9 aromatic carbocycles. The first-order valence-electron chi connectivity index (χ1n) is 17.8. The smallest absolute Gasteiger partial charge is 0.143 e. The van der Waals surface area contributed by atoms with Gasteiger partial charge in [0.05, 0.1) is 0 Å². The van der Waals surface area contributed by atoms with Crippen LogP contribution < -0.4 is 0 Å². The van der Waals surface area contributed by atoms with Gasteiger partial charge in [0, 0.05) is 43.8 Å². The van der Waals surface area contributed by atoms with Gasteiger partial charge >= 0.3 is 0 Å². The Labute approximate surface area is 299 Å². The third-order valence-corrected chi connectivity index (χ3v) is 10.7. The third-order valence-electron chi connectivity index (χ3n) is 10.7. The zero-order chi connectivity index (χ0) is 34.2. The highest BCUT2D eigenvalue weighted by Crippen LogP contribution is 2.49. The lowest BCUT2D eigenvalue weighted by Gasteiger charge is -2.20. The molecular formula is C50H30O2. The molecule has 0 aliphatic rings. The number of para-hydroxylation sites is 4. The van der Waals surface area contributed by atoms with E-state index in [0.717, 1.165) is 98.8 Å². The molecule has 0 unspecified atom stereocenters. The van der Waals surface area contributed by atoms with Crippen LogP contribution in [0.1, 0.15) is 0 Å². The van der Waals surface area contributed by atoms with Crippen LogP contribution in [-0.4, -0.2) is 0 Å². The lowest BCUT2D eigenvalue weighted by atomic mass is 9.83. The van der Waals surface area contributed by atoms with Gasteiger partial charge in [-0.2, -0.15) is 0 Å². The van der Waals surface area contributed by atoms with Gasteiger partial charge in [-0.1, -0.05) is 158 Å². The molecule has 0 spiro atoms. The SMILES string of the molecule is c1ccc(-c2ccc3c(-c4cccc5c4oc4ccccc45)c4ccc(-c5ccccc5)cc4c(-c4cccc5c4oc4ccccc45)c3c2)cc1. The largest absolute Gasteiger partial charge is 0.455 e. The van der Waals surface area contributed by atoms with Gasteiger partial charge in [0.1, 0.15) is 22.3 Å². The average Bonchev–Trinajstić information content (AvgIpc) is 3.79. The molecule has 2 aromatic heterocycles. The summed E-state index contributed by atoms with van der Waals surface area (Å²) in [6.07, 6.45) is 0. The van der Waals surface area contributed by atoms with Crippen molar-refractivity contribution in [3.05, 3.63) is 182 Å². The van der Waals surface area contributed by atoms with E-state index in [9.17, 15) is 0 Å². The van der Waals surface area contributed by atoms with Crippen LogP contribution in [0.2, 0.25) is 0 Å². The van der Waals surface area contributed by atoms with Crippen molar-refractivity contribution in [2.75, 3.05) is 0 Å². The molecule has 242 valence electrons. The molecule has 0 amide bonds. The maximum absolute atomic E-state index is 6.76. The quantitative estimate of drug-likeness (QED) is 0.175. The summed E-state index contributed by atoms with van der Waals surface area (Å²) in [5.41, 5.74) is 12.7. The number of benzene rings is 9. The summed E-state index contributed by atoms with van der Waals surface area (Å²) >= 11 is 0. The second-order valence-corrected chi connectivity index (χ2v) is 13.6. The molecule has 0 saturated heterocycles. The van der Waals surface area contributed by atoms with E-state index < -0.39 is 0 Å². The highest BCUT2D eigenvalue weighted by atomic mass is 16.3. The zero-order valence-corrected chi connectivity index (χ0v) is 28.1. The summed E-state index contributed by atoms with van der Waals surface area (Å²) in [5.74, 6) is 0. The first kappa shape index (κ1) is 28.9. The van der Waals surface area contributed by atoms with Crippen molar-refractivity contribution in [1.29, 1.82) is 0 Å². The van der Waals surface area contributed by atoms with Crippen molar-refractivity contribution in [2.24, 2.45) is 0 Å². The van der Waals surface area contributed by atoms with E-state index in [0.29, 0.717) is 0 Å². The molecule has 0 bridgehead atoms. The van der Waals surface area contributed by atoms with Crippen LogP contribution in [-0.2, 0) is 0 Å². The molecule has 2 heterocycles. The summed E-state index contributed by atoms with van der Waals surface area (Å²) in [6, 6.07) is 65.0. The van der Waals surface area contributed by atoms with Crippen LogP contribution in [0.25, 0.3) is 110 Å². The summed E-state index contributed by atoms with van der Waals surface area (Å²) in [7, 11) is 0. The summed E-state index contributed by atoms with van der Waals surface area (Å²) in [6.45, 7) is 0. The minimum Gasteiger partial charge on any atom is -0.455 e. The molecule has 52 heavy (non-hydrogen) atoms. The van der Waals surface area contributed by atoms with E-state index >= 15 is 0 Å². The standard InChI is InChI=1S/C50H30O2/c1-3-13-31(14-4-1)33-25-27-37-43(29-33)48(42-22-12-20-40-36-18-8-10-24-46(36)52-50(40)42)44-30-34(32-15-5-2-6-16-32)26-28-38(44)47(37)41-21-11-19-39-35-17-7-9-23-45(35)51-49(39)41/h1-30H. The van der Waals surface area contributed by atoms with E-state index in [1.54, 1.807) is 0 Å². The maximum Gasteiger partial charge on any atom is 0.143 e. The molecule has 0 fully saturated rings. The predicted molar refractivity (Wildman–Crippen MR) is 218 cm³/mol. The van der Waals surface area contributed by atoms with Gasteiger partial charge in [-0.3, -0.25) is 0 Å². The Morgan fingerprint density at radius 2 is 0.654 bits per heavy atom. The molecule has 0 atom stereocenters. The summed E-state index contributed by atoms with van der Waals surface area (Å²) in [4.78, 5) is 0. The Morgan fingerprint density at radius 3 is 1.13 bits per heavy atom. The fourth-order valence-electron chi connectivity index (χ4n) is 8.32. The predicted octanol–water partition coefficient (Wildman–Crippen LogP) is 14.5. The highest BCUT2D eigenvalue weighted by molar-refractivity contribution is 6.27. The number of furan rings is 2.